The van der Waals surface area contributed by atoms with Gasteiger partial charge in [-0.1, -0.05) is 49.2 Å². The van der Waals surface area contributed by atoms with Crippen molar-refractivity contribution in [2.24, 2.45) is 0 Å². The van der Waals surface area contributed by atoms with E-state index in [9.17, 15) is 14.7 Å². The molecule has 2 aromatic heterocycles. The maximum atomic E-state index is 12.3. The number of rotatable bonds is 15. The molecule has 0 aromatic carbocycles. The molecule has 1 amide bonds. The van der Waals surface area contributed by atoms with Crippen LogP contribution in [0.5, 0.6) is 0 Å². The van der Waals surface area contributed by atoms with Gasteiger partial charge in [-0.25, -0.2) is 14.8 Å². The van der Waals surface area contributed by atoms with Crippen LogP contribution in [-0.2, 0) is 4.79 Å². The summed E-state index contributed by atoms with van der Waals surface area (Å²) in [6.07, 6.45) is 11.5. The van der Waals surface area contributed by atoms with Crippen LogP contribution >= 0.6 is 34.9 Å². The van der Waals surface area contributed by atoms with Crippen LogP contribution in [0.4, 0.5) is 0 Å². The van der Waals surface area contributed by atoms with Gasteiger partial charge in [0.15, 0.2) is 10.0 Å². The molecule has 0 bridgehead atoms. The lowest BCUT2D eigenvalue weighted by Gasteiger charge is -2.22. The number of unbranched alkanes of at least 4 members (excludes halogenated alkanes) is 3. The van der Waals surface area contributed by atoms with E-state index in [1.165, 1.54) is 28.5 Å². The number of aromatic carboxylic acids is 1. The SMILES string of the molecule is O=C(O)c1csc(SCCN2C(=O)CC[C@@H]2/C=C/[C@@H](O)CCCCCCSc2ccccn2)n1. The largest absolute Gasteiger partial charge is 0.476 e. The lowest BCUT2D eigenvalue weighted by Crippen LogP contribution is -2.33. The van der Waals surface area contributed by atoms with E-state index < -0.39 is 12.1 Å². The van der Waals surface area contributed by atoms with Crippen molar-refractivity contribution in [3.05, 3.63) is 47.6 Å². The van der Waals surface area contributed by atoms with Gasteiger partial charge in [-0.15, -0.1) is 23.1 Å². The lowest BCUT2D eigenvalue weighted by atomic mass is 10.1. The summed E-state index contributed by atoms with van der Waals surface area (Å²) in [6, 6.07) is 5.97. The molecule has 34 heavy (non-hydrogen) atoms. The number of amides is 1. The van der Waals surface area contributed by atoms with Crippen LogP contribution in [0.15, 0.2) is 51.3 Å². The van der Waals surface area contributed by atoms with Gasteiger partial charge in [-0.05, 0) is 37.1 Å². The first kappa shape index (κ1) is 26.7. The minimum Gasteiger partial charge on any atom is -0.476 e. The zero-order chi connectivity index (χ0) is 24.2. The number of aromatic nitrogens is 2. The van der Waals surface area contributed by atoms with Crippen molar-refractivity contribution < 1.29 is 19.8 Å². The normalized spacial score (nSPS) is 17.0. The van der Waals surface area contributed by atoms with Crippen molar-refractivity contribution in [3.8, 4) is 0 Å². The van der Waals surface area contributed by atoms with E-state index in [-0.39, 0.29) is 17.6 Å². The van der Waals surface area contributed by atoms with E-state index in [0.29, 0.717) is 23.1 Å². The zero-order valence-electron chi connectivity index (χ0n) is 19.0. The van der Waals surface area contributed by atoms with Crippen LogP contribution in [0.3, 0.4) is 0 Å². The molecule has 1 saturated heterocycles. The molecule has 3 heterocycles. The first-order valence-electron chi connectivity index (χ1n) is 11.5. The fourth-order valence-electron chi connectivity index (χ4n) is 3.67. The van der Waals surface area contributed by atoms with Gasteiger partial charge in [-0.2, -0.15) is 0 Å². The quantitative estimate of drug-likeness (QED) is 0.192. The van der Waals surface area contributed by atoms with Crippen molar-refractivity contribution in [2.75, 3.05) is 18.1 Å². The molecule has 3 rings (SSSR count). The zero-order valence-corrected chi connectivity index (χ0v) is 21.5. The molecule has 2 aromatic rings. The molecular weight excluding hydrogens is 490 g/mol. The number of hydrogen-bond donors (Lipinski definition) is 2. The number of carboxylic acid groups (broad SMARTS) is 1. The van der Waals surface area contributed by atoms with E-state index in [4.69, 9.17) is 5.11 Å². The molecule has 1 aliphatic rings. The number of carbonyl (C=O) groups excluding carboxylic acids is 1. The summed E-state index contributed by atoms with van der Waals surface area (Å²) in [5, 5.41) is 21.9. The van der Waals surface area contributed by atoms with E-state index in [2.05, 4.69) is 9.97 Å². The third-order valence-corrected chi connectivity index (χ3v) is 8.50. The predicted octanol–water partition coefficient (Wildman–Crippen LogP) is 4.98. The fraction of sp³-hybridized carbons (Fsp3) is 0.500. The van der Waals surface area contributed by atoms with Gasteiger partial charge in [0.1, 0.15) is 0 Å². The first-order chi connectivity index (χ1) is 16.5. The van der Waals surface area contributed by atoms with Gasteiger partial charge in [0.25, 0.3) is 0 Å². The van der Waals surface area contributed by atoms with Crippen molar-refractivity contribution >= 4 is 46.7 Å². The summed E-state index contributed by atoms with van der Waals surface area (Å²) >= 11 is 4.55. The monoisotopic (exact) mass is 521 g/mol. The highest BCUT2D eigenvalue weighted by Crippen LogP contribution is 2.25. The fourth-order valence-corrected chi connectivity index (χ4v) is 6.35. The molecule has 0 spiro atoms. The number of carboxylic acids is 1. The molecule has 0 unspecified atom stereocenters. The summed E-state index contributed by atoms with van der Waals surface area (Å²) in [6.45, 7) is 0.576. The van der Waals surface area contributed by atoms with Crippen LogP contribution in [0.2, 0.25) is 0 Å². The van der Waals surface area contributed by atoms with Crippen LogP contribution in [0, 0.1) is 0 Å². The summed E-state index contributed by atoms with van der Waals surface area (Å²) in [4.78, 5) is 33.4. The van der Waals surface area contributed by atoms with Crippen molar-refractivity contribution in [1.29, 1.82) is 0 Å². The molecule has 10 heteroatoms. The molecule has 0 aliphatic carbocycles. The van der Waals surface area contributed by atoms with Crippen LogP contribution in [0.1, 0.15) is 55.4 Å². The van der Waals surface area contributed by atoms with E-state index in [1.807, 2.05) is 41.4 Å². The number of pyridine rings is 1. The standard InChI is InChI=1S/C24H31N3O4S3/c28-19(7-3-1-2-6-15-32-21-8-4-5-13-25-21)11-9-18-10-12-22(29)27(18)14-16-33-24-26-20(17-34-24)23(30)31/h4-5,8-9,11,13,17-19,28H,1-3,6-7,10,12,14-16H2,(H,30,31)/b11-9+/t18-,19-/m0/s1. The summed E-state index contributed by atoms with van der Waals surface area (Å²) in [5.74, 6) is 0.816. The van der Waals surface area contributed by atoms with Gasteiger partial charge in [-0.3, -0.25) is 4.79 Å². The summed E-state index contributed by atoms with van der Waals surface area (Å²) in [5.41, 5.74) is 0.0583. The molecule has 7 nitrogen and oxygen atoms in total. The molecule has 0 radical (unpaired) electrons. The number of aliphatic hydroxyl groups excluding tert-OH is 1. The van der Waals surface area contributed by atoms with Gasteiger partial charge in [0.05, 0.1) is 17.2 Å². The molecule has 1 aliphatic heterocycles. The van der Waals surface area contributed by atoms with Gasteiger partial charge >= 0.3 is 5.97 Å². The second kappa shape index (κ2) is 14.5. The van der Waals surface area contributed by atoms with Crippen LogP contribution < -0.4 is 0 Å². The molecule has 2 N–H and O–H groups in total. The summed E-state index contributed by atoms with van der Waals surface area (Å²) in [7, 11) is 0. The highest BCUT2D eigenvalue weighted by molar-refractivity contribution is 8.01. The number of nitrogens with zero attached hydrogens (tertiary/aromatic N) is 3. The molecule has 0 saturated carbocycles. The van der Waals surface area contributed by atoms with Crippen LogP contribution in [-0.4, -0.2) is 67.2 Å². The van der Waals surface area contributed by atoms with E-state index >= 15 is 0 Å². The number of thiazole rings is 1. The van der Waals surface area contributed by atoms with E-state index in [0.717, 1.165) is 49.3 Å². The second-order valence-corrected chi connectivity index (χ2v) is 11.3. The Hall–Kier alpha value is -1.88. The van der Waals surface area contributed by atoms with Crippen molar-refractivity contribution in [2.45, 2.75) is 66.5 Å². The van der Waals surface area contributed by atoms with Gasteiger partial charge in [0.2, 0.25) is 5.91 Å². The average molecular weight is 522 g/mol. The minimum atomic E-state index is -1.03. The van der Waals surface area contributed by atoms with Crippen LogP contribution in [0.25, 0.3) is 0 Å². The maximum absolute atomic E-state index is 12.3. The first-order valence-corrected chi connectivity index (χ1v) is 14.4. The third kappa shape index (κ3) is 9.05. The smallest absolute Gasteiger partial charge is 0.355 e. The molecule has 1 fully saturated rings. The highest BCUT2D eigenvalue weighted by atomic mass is 32.2. The molecular formula is C24H31N3O4S3. The van der Waals surface area contributed by atoms with Crippen molar-refractivity contribution in [3.63, 3.8) is 0 Å². The number of hydrogen-bond acceptors (Lipinski definition) is 8. The number of carbonyl (C=O) groups is 2. The van der Waals surface area contributed by atoms with Gasteiger partial charge < -0.3 is 15.1 Å². The Bertz CT molecular complexity index is 939. The minimum absolute atomic E-state index is 0.0113. The predicted molar refractivity (Wildman–Crippen MR) is 138 cm³/mol. The topological polar surface area (TPSA) is 104 Å². The second-order valence-electron chi connectivity index (χ2n) is 8.02. The van der Waals surface area contributed by atoms with E-state index in [1.54, 1.807) is 11.8 Å². The number of likely N-dealkylation sites (tertiary alicyclic amines) is 1. The van der Waals surface area contributed by atoms with Crippen molar-refractivity contribution in [1.82, 2.24) is 14.9 Å². The average Bonchev–Trinajstić information content (AvgIpc) is 3.45. The maximum Gasteiger partial charge on any atom is 0.355 e. The Morgan fingerprint density at radius 2 is 2.09 bits per heavy atom. The Balaban J connectivity index is 1.29. The Morgan fingerprint density at radius 3 is 2.85 bits per heavy atom. The Kier molecular flexibility index (Phi) is 11.4. The lowest BCUT2D eigenvalue weighted by molar-refractivity contribution is -0.128. The third-order valence-electron chi connectivity index (χ3n) is 5.47. The number of aliphatic hydroxyl groups is 1. The Morgan fingerprint density at radius 1 is 1.24 bits per heavy atom. The summed E-state index contributed by atoms with van der Waals surface area (Å²) < 4.78 is 0.696. The Labute approximate surface area is 213 Å². The molecule has 184 valence electrons. The van der Waals surface area contributed by atoms with Gasteiger partial charge in [0, 0.05) is 30.3 Å². The molecule has 2 atom stereocenters. The number of thioether (sulfide) groups is 2. The highest BCUT2D eigenvalue weighted by Gasteiger charge is 2.28.